The molecule has 2 aromatic heterocycles. The van der Waals surface area contributed by atoms with Crippen molar-refractivity contribution in [3.63, 3.8) is 0 Å². The molecule has 34 heavy (non-hydrogen) atoms. The number of pyridine rings is 1. The molecule has 1 fully saturated rings. The molecule has 0 atom stereocenters. The first-order chi connectivity index (χ1) is 16.7. The van der Waals surface area contributed by atoms with E-state index in [1.165, 1.54) is 0 Å². The molecule has 0 aliphatic carbocycles. The van der Waals surface area contributed by atoms with Crippen molar-refractivity contribution in [3.05, 3.63) is 60.4 Å². The second-order valence-corrected chi connectivity index (χ2v) is 8.28. The van der Waals surface area contributed by atoms with Crippen LogP contribution in [-0.4, -0.2) is 43.4 Å². The minimum absolute atomic E-state index is 0.139. The molecule has 172 valence electrons. The summed E-state index contributed by atoms with van der Waals surface area (Å²) in [5.74, 6) is 1.98. The third-order valence-corrected chi connectivity index (χ3v) is 6.24. The molecule has 7 heteroatoms. The predicted octanol–water partition coefficient (Wildman–Crippen LogP) is 4.92. The number of nitrogens with one attached hydrogen (secondary N) is 2. The Morgan fingerprint density at radius 2 is 1.68 bits per heavy atom. The van der Waals surface area contributed by atoms with Crippen LogP contribution in [0.4, 0.5) is 0 Å². The number of nitrogens with zero attached hydrogens (tertiary/aromatic N) is 2. The van der Waals surface area contributed by atoms with Gasteiger partial charge in [-0.1, -0.05) is 12.1 Å². The summed E-state index contributed by atoms with van der Waals surface area (Å²) >= 11 is 0. The summed E-state index contributed by atoms with van der Waals surface area (Å²) in [7, 11) is 3.24. The molecule has 7 nitrogen and oxygen atoms in total. The van der Waals surface area contributed by atoms with Gasteiger partial charge in [0.25, 0.3) is 0 Å². The number of aromatic amines is 1. The number of hydrogen-bond donors (Lipinski definition) is 2. The molecule has 0 saturated carbocycles. The van der Waals surface area contributed by atoms with Crippen LogP contribution in [0.15, 0.2) is 54.9 Å². The van der Waals surface area contributed by atoms with Gasteiger partial charge in [0, 0.05) is 28.9 Å². The van der Waals surface area contributed by atoms with Gasteiger partial charge in [-0.25, -0.2) is 4.98 Å². The monoisotopic (exact) mass is 454 g/mol. The molecule has 0 radical (unpaired) electrons. The lowest BCUT2D eigenvalue weighted by Gasteiger charge is -2.24. The Morgan fingerprint density at radius 3 is 2.44 bits per heavy atom. The molecule has 3 heterocycles. The molecule has 2 aromatic carbocycles. The zero-order valence-corrected chi connectivity index (χ0v) is 19.2. The molecule has 0 amide bonds. The van der Waals surface area contributed by atoms with Crippen molar-refractivity contribution >= 4 is 11.0 Å². The van der Waals surface area contributed by atoms with Gasteiger partial charge in [0.2, 0.25) is 0 Å². The Morgan fingerprint density at radius 1 is 0.912 bits per heavy atom. The maximum atomic E-state index is 9.78. The van der Waals surface area contributed by atoms with Crippen molar-refractivity contribution in [1.82, 2.24) is 15.3 Å². The van der Waals surface area contributed by atoms with Crippen LogP contribution in [0.1, 0.15) is 18.4 Å². The predicted molar refractivity (Wildman–Crippen MR) is 131 cm³/mol. The summed E-state index contributed by atoms with van der Waals surface area (Å²) in [5.41, 5.74) is 5.17. The number of H-pyrrole nitrogens is 1. The zero-order chi connectivity index (χ0) is 23.5. The Bertz CT molecular complexity index is 1370. The fraction of sp³-hybridized carbons (Fsp3) is 0.259. The molecule has 0 unspecified atom stereocenters. The quantitative estimate of drug-likeness (QED) is 0.430. The smallest absolute Gasteiger partial charge is 0.161 e. The second kappa shape index (κ2) is 9.46. The number of methoxy groups -OCH3 is 2. The van der Waals surface area contributed by atoms with Gasteiger partial charge < -0.3 is 24.5 Å². The highest BCUT2D eigenvalue weighted by Gasteiger charge is 2.18. The second-order valence-electron chi connectivity index (χ2n) is 8.28. The minimum Gasteiger partial charge on any atom is -0.493 e. The number of ether oxygens (including phenoxy) is 3. The van der Waals surface area contributed by atoms with Gasteiger partial charge in [-0.3, -0.25) is 0 Å². The van der Waals surface area contributed by atoms with Gasteiger partial charge in [-0.15, -0.1) is 0 Å². The fourth-order valence-corrected chi connectivity index (χ4v) is 4.40. The molecule has 1 saturated heterocycles. The van der Waals surface area contributed by atoms with E-state index in [0.29, 0.717) is 22.8 Å². The van der Waals surface area contributed by atoms with E-state index < -0.39 is 0 Å². The maximum absolute atomic E-state index is 9.78. The molecular formula is C27H26N4O3. The minimum atomic E-state index is 0.139. The molecule has 1 aliphatic heterocycles. The number of rotatable bonds is 6. The molecule has 0 spiro atoms. The fourth-order valence-electron chi connectivity index (χ4n) is 4.40. The average Bonchev–Trinajstić information content (AvgIpc) is 3.32. The van der Waals surface area contributed by atoms with Crippen molar-refractivity contribution in [2.45, 2.75) is 18.9 Å². The van der Waals surface area contributed by atoms with Crippen LogP contribution in [0.25, 0.3) is 33.3 Å². The van der Waals surface area contributed by atoms with Crippen molar-refractivity contribution in [2.75, 3.05) is 27.3 Å². The van der Waals surface area contributed by atoms with E-state index in [0.717, 1.165) is 59.2 Å². The summed E-state index contributed by atoms with van der Waals surface area (Å²) in [6.45, 7) is 1.88. The van der Waals surface area contributed by atoms with E-state index in [-0.39, 0.29) is 6.10 Å². The SMILES string of the molecule is COc1ccc(-c2cnc3[nH]cc(-c4ccc(OC5CCNCC5)c(C#N)c4)c3c2)cc1OC. The lowest BCUT2D eigenvalue weighted by Crippen LogP contribution is -2.34. The lowest BCUT2D eigenvalue weighted by atomic mass is 10.0. The highest BCUT2D eigenvalue weighted by atomic mass is 16.5. The average molecular weight is 455 g/mol. The van der Waals surface area contributed by atoms with Gasteiger partial charge in [0.05, 0.1) is 19.8 Å². The highest BCUT2D eigenvalue weighted by molar-refractivity contribution is 5.96. The van der Waals surface area contributed by atoms with Crippen molar-refractivity contribution in [2.24, 2.45) is 0 Å². The first-order valence-electron chi connectivity index (χ1n) is 11.3. The van der Waals surface area contributed by atoms with Crippen LogP contribution < -0.4 is 19.5 Å². The molecule has 1 aliphatic rings. The summed E-state index contributed by atoms with van der Waals surface area (Å²) in [4.78, 5) is 7.86. The molecule has 0 bridgehead atoms. The van der Waals surface area contributed by atoms with Gasteiger partial charge >= 0.3 is 0 Å². The van der Waals surface area contributed by atoms with Crippen LogP contribution in [-0.2, 0) is 0 Å². The van der Waals surface area contributed by atoms with E-state index >= 15 is 0 Å². The van der Waals surface area contributed by atoms with E-state index in [2.05, 4.69) is 27.4 Å². The summed E-state index contributed by atoms with van der Waals surface area (Å²) in [6, 6.07) is 16.0. The molecule has 2 N–H and O–H groups in total. The molecular weight excluding hydrogens is 428 g/mol. The number of piperidine rings is 1. The van der Waals surface area contributed by atoms with E-state index in [1.54, 1.807) is 14.2 Å². The van der Waals surface area contributed by atoms with Crippen LogP contribution in [0, 0.1) is 11.3 Å². The topological polar surface area (TPSA) is 92.2 Å². The van der Waals surface area contributed by atoms with Crippen molar-refractivity contribution in [3.8, 4) is 45.6 Å². The van der Waals surface area contributed by atoms with Gasteiger partial charge in [-0.05, 0) is 67.4 Å². The van der Waals surface area contributed by atoms with Crippen LogP contribution in [0.5, 0.6) is 17.2 Å². The zero-order valence-electron chi connectivity index (χ0n) is 19.2. The Balaban J connectivity index is 1.50. The lowest BCUT2D eigenvalue weighted by molar-refractivity contribution is 0.162. The summed E-state index contributed by atoms with van der Waals surface area (Å²) in [6.07, 6.45) is 5.79. The number of nitriles is 1. The number of hydrogen-bond acceptors (Lipinski definition) is 6. The van der Waals surface area contributed by atoms with E-state index in [9.17, 15) is 5.26 Å². The highest BCUT2D eigenvalue weighted by Crippen LogP contribution is 2.36. The molecule has 4 aromatic rings. The third-order valence-electron chi connectivity index (χ3n) is 6.24. The molecule has 5 rings (SSSR count). The first kappa shape index (κ1) is 21.8. The van der Waals surface area contributed by atoms with Crippen molar-refractivity contribution in [1.29, 1.82) is 5.26 Å². The van der Waals surface area contributed by atoms with Gasteiger partial charge in [0.1, 0.15) is 23.6 Å². The van der Waals surface area contributed by atoms with E-state index in [4.69, 9.17) is 14.2 Å². The summed E-state index contributed by atoms with van der Waals surface area (Å²) < 4.78 is 17.0. The normalized spacial score (nSPS) is 14.0. The van der Waals surface area contributed by atoms with E-state index in [1.807, 2.05) is 48.8 Å². The van der Waals surface area contributed by atoms with Crippen LogP contribution in [0.3, 0.4) is 0 Å². The van der Waals surface area contributed by atoms with Gasteiger partial charge in [0.15, 0.2) is 11.5 Å². The standard InChI is InChI=1S/C27H26N4O3/c1-32-25-6-3-17(13-26(25)33-2)20-12-22-23(16-31-27(22)30-15-20)18-4-5-24(19(11-18)14-28)34-21-7-9-29-10-8-21/h3-6,11-13,15-16,21,29H,7-10H2,1-2H3,(H,30,31). The van der Waals surface area contributed by atoms with Crippen LogP contribution >= 0.6 is 0 Å². The van der Waals surface area contributed by atoms with Crippen molar-refractivity contribution < 1.29 is 14.2 Å². The Hall–Kier alpha value is -4.02. The Kier molecular flexibility index (Phi) is 6.07. The maximum Gasteiger partial charge on any atom is 0.161 e. The number of fused-ring (bicyclic) bond motifs is 1. The van der Waals surface area contributed by atoms with Crippen LogP contribution in [0.2, 0.25) is 0 Å². The largest absolute Gasteiger partial charge is 0.493 e. The summed E-state index contributed by atoms with van der Waals surface area (Å²) in [5, 5.41) is 14.1. The number of benzene rings is 2. The van der Waals surface area contributed by atoms with Gasteiger partial charge in [-0.2, -0.15) is 5.26 Å². The Labute approximate surface area is 198 Å². The number of aromatic nitrogens is 2. The first-order valence-corrected chi connectivity index (χ1v) is 11.3. The third kappa shape index (κ3) is 4.16.